The molecule has 1 unspecified atom stereocenters. The Labute approximate surface area is 72.1 Å². The molecule has 0 N–H and O–H groups in total. The average Bonchev–Trinajstić information content (AvgIpc) is 2.08. The highest BCUT2D eigenvalue weighted by Crippen LogP contribution is 2.13. The molecule has 0 aromatic carbocycles. The van der Waals surface area contributed by atoms with E-state index in [1.165, 1.54) is 11.9 Å². The second-order valence-corrected chi connectivity index (χ2v) is 3.12. The number of imide groups is 1. The molecule has 0 spiro atoms. The predicted molar refractivity (Wildman–Crippen MR) is 44.6 cm³/mol. The average molecular weight is 170 g/mol. The van der Waals surface area contributed by atoms with Gasteiger partial charge in [-0.15, -0.1) is 0 Å². The standard InChI is InChI=1S/C8H14N2O2/c1-4-10-5-6(2)7(11)9(3)8(10)12/h6H,4-5H2,1-3H3. The van der Waals surface area contributed by atoms with Crippen molar-refractivity contribution in [3.63, 3.8) is 0 Å². The molecule has 1 saturated heterocycles. The third-order valence-corrected chi connectivity index (χ3v) is 2.19. The predicted octanol–water partition coefficient (Wildman–Crippen LogP) is 0.536. The van der Waals surface area contributed by atoms with Gasteiger partial charge in [0.25, 0.3) is 0 Å². The van der Waals surface area contributed by atoms with Gasteiger partial charge < -0.3 is 4.90 Å². The fourth-order valence-electron chi connectivity index (χ4n) is 1.39. The van der Waals surface area contributed by atoms with Crippen molar-refractivity contribution in [3.05, 3.63) is 0 Å². The summed E-state index contributed by atoms with van der Waals surface area (Å²) < 4.78 is 0. The van der Waals surface area contributed by atoms with E-state index in [9.17, 15) is 9.59 Å². The van der Waals surface area contributed by atoms with Gasteiger partial charge in [-0.2, -0.15) is 0 Å². The Hall–Kier alpha value is -1.06. The van der Waals surface area contributed by atoms with Crippen LogP contribution in [-0.2, 0) is 4.79 Å². The highest BCUT2D eigenvalue weighted by Gasteiger charge is 2.33. The largest absolute Gasteiger partial charge is 0.326 e. The molecule has 0 aromatic heterocycles. The molecule has 0 aromatic rings. The summed E-state index contributed by atoms with van der Waals surface area (Å²) in [5.74, 6) is -0.141. The van der Waals surface area contributed by atoms with Crippen LogP contribution in [0.15, 0.2) is 0 Å². The van der Waals surface area contributed by atoms with Crippen molar-refractivity contribution in [2.24, 2.45) is 5.92 Å². The number of nitrogens with zero attached hydrogens (tertiary/aromatic N) is 2. The Morgan fingerprint density at radius 2 is 2.08 bits per heavy atom. The van der Waals surface area contributed by atoms with Gasteiger partial charge in [0.1, 0.15) is 0 Å². The van der Waals surface area contributed by atoms with E-state index in [0.717, 1.165) is 0 Å². The van der Waals surface area contributed by atoms with Crippen molar-refractivity contribution in [3.8, 4) is 0 Å². The summed E-state index contributed by atoms with van der Waals surface area (Å²) in [6.07, 6.45) is 0. The normalized spacial score (nSPS) is 25.1. The van der Waals surface area contributed by atoms with Gasteiger partial charge >= 0.3 is 6.03 Å². The molecule has 0 saturated carbocycles. The lowest BCUT2D eigenvalue weighted by Crippen LogP contribution is -2.54. The van der Waals surface area contributed by atoms with E-state index < -0.39 is 0 Å². The number of hydrogen-bond donors (Lipinski definition) is 0. The third kappa shape index (κ3) is 1.29. The van der Waals surface area contributed by atoms with Gasteiger partial charge in [-0.25, -0.2) is 4.79 Å². The van der Waals surface area contributed by atoms with E-state index in [4.69, 9.17) is 0 Å². The van der Waals surface area contributed by atoms with Gasteiger partial charge in [0.05, 0.1) is 5.92 Å². The van der Waals surface area contributed by atoms with Crippen molar-refractivity contribution in [2.75, 3.05) is 20.1 Å². The second-order valence-electron chi connectivity index (χ2n) is 3.12. The van der Waals surface area contributed by atoms with Crippen molar-refractivity contribution in [1.82, 2.24) is 9.80 Å². The number of urea groups is 1. The molecule has 1 rings (SSSR count). The van der Waals surface area contributed by atoms with Crippen molar-refractivity contribution < 1.29 is 9.59 Å². The SMILES string of the molecule is CCN1CC(C)C(=O)N(C)C1=O. The molecule has 3 amide bonds. The Bertz CT molecular complexity index is 215. The zero-order valence-corrected chi connectivity index (χ0v) is 7.70. The number of amides is 3. The molecule has 0 bridgehead atoms. The molecule has 0 radical (unpaired) electrons. The zero-order valence-electron chi connectivity index (χ0n) is 7.70. The van der Waals surface area contributed by atoms with Gasteiger partial charge in [-0.3, -0.25) is 9.69 Å². The van der Waals surface area contributed by atoms with E-state index in [1.54, 1.807) is 4.90 Å². The first-order valence-corrected chi connectivity index (χ1v) is 4.14. The van der Waals surface area contributed by atoms with Crippen LogP contribution in [0, 0.1) is 5.92 Å². The summed E-state index contributed by atoms with van der Waals surface area (Å²) in [4.78, 5) is 25.5. The maximum atomic E-state index is 11.3. The molecule has 12 heavy (non-hydrogen) atoms. The smallest absolute Gasteiger partial charge is 0.324 e. The van der Waals surface area contributed by atoms with Crippen LogP contribution in [0.5, 0.6) is 0 Å². The fraction of sp³-hybridized carbons (Fsp3) is 0.750. The van der Waals surface area contributed by atoms with Crippen LogP contribution in [0.2, 0.25) is 0 Å². The highest BCUT2D eigenvalue weighted by atomic mass is 16.2. The molecule has 4 nitrogen and oxygen atoms in total. The summed E-state index contributed by atoms with van der Waals surface area (Å²) in [7, 11) is 1.53. The van der Waals surface area contributed by atoms with Crippen LogP contribution in [0.4, 0.5) is 4.79 Å². The Morgan fingerprint density at radius 1 is 1.50 bits per heavy atom. The topological polar surface area (TPSA) is 40.6 Å². The van der Waals surface area contributed by atoms with Crippen molar-refractivity contribution in [1.29, 1.82) is 0 Å². The van der Waals surface area contributed by atoms with E-state index >= 15 is 0 Å². The molecular weight excluding hydrogens is 156 g/mol. The van der Waals surface area contributed by atoms with Gasteiger partial charge in [-0.1, -0.05) is 6.92 Å². The van der Waals surface area contributed by atoms with Crippen molar-refractivity contribution in [2.45, 2.75) is 13.8 Å². The van der Waals surface area contributed by atoms with Crippen LogP contribution >= 0.6 is 0 Å². The Morgan fingerprint density at radius 3 is 2.58 bits per heavy atom. The molecule has 1 fully saturated rings. The first-order valence-electron chi connectivity index (χ1n) is 4.14. The number of rotatable bonds is 1. The third-order valence-electron chi connectivity index (χ3n) is 2.19. The quantitative estimate of drug-likeness (QED) is 0.576. The van der Waals surface area contributed by atoms with E-state index in [-0.39, 0.29) is 17.9 Å². The summed E-state index contributed by atoms with van der Waals surface area (Å²) in [6, 6.07) is -0.180. The van der Waals surface area contributed by atoms with Gasteiger partial charge in [-0.05, 0) is 6.92 Å². The second kappa shape index (κ2) is 3.13. The Balaban J connectivity index is 2.77. The first kappa shape index (κ1) is 9.03. The lowest BCUT2D eigenvalue weighted by molar-refractivity contribution is -0.134. The number of carbonyl (C=O) groups excluding carboxylic acids is 2. The molecule has 1 aliphatic rings. The number of hydrogen-bond acceptors (Lipinski definition) is 2. The highest BCUT2D eigenvalue weighted by molar-refractivity contribution is 5.97. The van der Waals surface area contributed by atoms with Crippen LogP contribution in [-0.4, -0.2) is 41.9 Å². The van der Waals surface area contributed by atoms with Crippen LogP contribution in [0.3, 0.4) is 0 Å². The number of carbonyl (C=O) groups is 2. The van der Waals surface area contributed by atoms with Crippen LogP contribution in [0.25, 0.3) is 0 Å². The van der Waals surface area contributed by atoms with E-state index in [2.05, 4.69) is 0 Å². The summed E-state index contributed by atoms with van der Waals surface area (Å²) in [6.45, 7) is 4.97. The van der Waals surface area contributed by atoms with Crippen molar-refractivity contribution >= 4 is 11.9 Å². The van der Waals surface area contributed by atoms with Gasteiger partial charge in [0.15, 0.2) is 0 Å². The molecular formula is C8H14N2O2. The van der Waals surface area contributed by atoms with Crippen LogP contribution < -0.4 is 0 Å². The molecule has 0 aliphatic carbocycles. The molecule has 1 heterocycles. The monoisotopic (exact) mass is 170 g/mol. The first-order chi connectivity index (χ1) is 5.57. The molecule has 1 aliphatic heterocycles. The zero-order chi connectivity index (χ0) is 9.30. The molecule has 4 heteroatoms. The maximum Gasteiger partial charge on any atom is 0.326 e. The fourth-order valence-corrected chi connectivity index (χ4v) is 1.39. The molecule has 68 valence electrons. The van der Waals surface area contributed by atoms with Gasteiger partial charge in [0, 0.05) is 20.1 Å². The summed E-state index contributed by atoms with van der Waals surface area (Å²) >= 11 is 0. The maximum absolute atomic E-state index is 11.3. The minimum absolute atomic E-state index is 0.0624. The minimum Gasteiger partial charge on any atom is -0.324 e. The van der Waals surface area contributed by atoms with Gasteiger partial charge in [0.2, 0.25) is 5.91 Å². The lowest BCUT2D eigenvalue weighted by Gasteiger charge is -2.34. The lowest BCUT2D eigenvalue weighted by atomic mass is 10.1. The molecule has 1 atom stereocenters. The van der Waals surface area contributed by atoms with E-state index in [1.807, 2.05) is 13.8 Å². The minimum atomic E-state index is -0.180. The summed E-state index contributed by atoms with van der Waals surface area (Å²) in [5, 5.41) is 0. The summed E-state index contributed by atoms with van der Waals surface area (Å²) in [5.41, 5.74) is 0. The van der Waals surface area contributed by atoms with Crippen LogP contribution in [0.1, 0.15) is 13.8 Å². The Kier molecular flexibility index (Phi) is 2.35. The van der Waals surface area contributed by atoms with E-state index in [0.29, 0.717) is 13.1 Å².